The van der Waals surface area contributed by atoms with Crippen LogP contribution >= 0.6 is 11.6 Å². The van der Waals surface area contributed by atoms with Gasteiger partial charge in [0.05, 0.1) is 6.04 Å². The van der Waals surface area contributed by atoms with Crippen LogP contribution in [0.5, 0.6) is 0 Å². The Kier molecular flexibility index (Phi) is 5.69. The number of halogens is 1. The highest BCUT2D eigenvalue weighted by atomic mass is 35.5. The van der Waals surface area contributed by atoms with Crippen molar-refractivity contribution < 1.29 is 9.21 Å². The van der Waals surface area contributed by atoms with E-state index in [1.807, 2.05) is 31.2 Å². The molecule has 0 N–H and O–H groups in total. The smallest absolute Gasteiger partial charge is 0.247 e. The minimum Gasteiger partial charge on any atom is -0.419 e. The van der Waals surface area contributed by atoms with E-state index in [0.717, 1.165) is 44.3 Å². The van der Waals surface area contributed by atoms with Gasteiger partial charge in [0.15, 0.2) is 0 Å². The van der Waals surface area contributed by atoms with E-state index in [1.54, 1.807) is 0 Å². The number of benzene rings is 1. The van der Waals surface area contributed by atoms with Crippen LogP contribution in [-0.2, 0) is 4.79 Å². The Labute approximate surface area is 170 Å². The van der Waals surface area contributed by atoms with Gasteiger partial charge in [-0.25, -0.2) is 0 Å². The van der Waals surface area contributed by atoms with Crippen LogP contribution in [0.3, 0.4) is 0 Å². The Bertz CT molecular complexity index is 839. The molecule has 7 heteroatoms. The molecule has 0 aliphatic carbocycles. The lowest BCUT2D eigenvalue weighted by molar-refractivity contribution is -0.132. The van der Waals surface area contributed by atoms with Gasteiger partial charge in [-0.3, -0.25) is 9.69 Å². The maximum absolute atomic E-state index is 12.4. The van der Waals surface area contributed by atoms with Crippen molar-refractivity contribution in [3.05, 3.63) is 35.2 Å². The molecule has 28 heavy (non-hydrogen) atoms. The molecular weight excluding hydrogens is 376 g/mol. The fourth-order valence-electron chi connectivity index (χ4n) is 4.70. The van der Waals surface area contributed by atoms with Crippen LogP contribution in [0.2, 0.25) is 5.02 Å². The fourth-order valence-corrected chi connectivity index (χ4v) is 4.89. The largest absolute Gasteiger partial charge is 0.419 e. The summed E-state index contributed by atoms with van der Waals surface area (Å²) in [4.78, 5) is 16.9. The van der Waals surface area contributed by atoms with Crippen molar-refractivity contribution in [2.24, 2.45) is 0 Å². The summed E-state index contributed by atoms with van der Waals surface area (Å²) in [7, 11) is 0. The van der Waals surface area contributed by atoms with Gasteiger partial charge in [0.1, 0.15) is 0 Å². The van der Waals surface area contributed by atoms with E-state index in [0.29, 0.717) is 35.3 Å². The summed E-state index contributed by atoms with van der Waals surface area (Å²) < 4.78 is 6.00. The Morgan fingerprint density at radius 2 is 2.04 bits per heavy atom. The highest BCUT2D eigenvalue weighted by Crippen LogP contribution is 2.36. The van der Waals surface area contributed by atoms with E-state index in [4.69, 9.17) is 16.0 Å². The summed E-state index contributed by atoms with van der Waals surface area (Å²) in [5.74, 6) is 1.38. The molecule has 2 saturated heterocycles. The van der Waals surface area contributed by atoms with Gasteiger partial charge in [0, 0.05) is 35.6 Å². The van der Waals surface area contributed by atoms with Crippen LogP contribution in [0.25, 0.3) is 11.5 Å². The third-order valence-corrected chi connectivity index (χ3v) is 6.31. The molecule has 3 atom stereocenters. The zero-order valence-electron chi connectivity index (χ0n) is 16.5. The number of nitrogens with zero attached hydrogens (tertiary/aromatic N) is 4. The molecule has 0 saturated carbocycles. The Balaban J connectivity index is 1.53. The topological polar surface area (TPSA) is 62.5 Å². The van der Waals surface area contributed by atoms with Crippen LogP contribution in [0.15, 0.2) is 28.7 Å². The second-order valence-electron chi connectivity index (χ2n) is 7.73. The predicted octanol–water partition coefficient (Wildman–Crippen LogP) is 4.32. The van der Waals surface area contributed by atoms with Crippen molar-refractivity contribution in [2.75, 3.05) is 13.1 Å². The molecule has 1 aromatic heterocycles. The Morgan fingerprint density at radius 3 is 2.82 bits per heavy atom. The van der Waals surface area contributed by atoms with Gasteiger partial charge in [0.25, 0.3) is 0 Å². The van der Waals surface area contributed by atoms with Crippen molar-refractivity contribution in [3.8, 4) is 11.5 Å². The van der Waals surface area contributed by atoms with Crippen molar-refractivity contribution in [2.45, 2.75) is 64.1 Å². The van der Waals surface area contributed by atoms with Gasteiger partial charge in [-0.1, -0.05) is 24.6 Å². The molecule has 4 rings (SSSR count). The fraction of sp³-hybridized carbons (Fsp3) is 0.571. The number of hydrogen-bond acceptors (Lipinski definition) is 5. The van der Waals surface area contributed by atoms with E-state index in [2.05, 4.69) is 26.9 Å². The SMILES string of the molecule is CCC(=O)N1CCC[C@@H]1[C@H]1CCCN1[C@H](C)c1nnc(-c2cccc(Cl)c2)o1. The standard InChI is InChI=1S/C21H27ClN4O2/c1-3-19(27)26-12-6-10-18(26)17-9-5-11-25(17)14(2)20-23-24-21(28-20)15-7-4-8-16(22)13-15/h4,7-8,13-14,17-18H,3,5-6,9-12H2,1-2H3/t14-,17-,18-/m1/s1. The second-order valence-corrected chi connectivity index (χ2v) is 8.17. The van der Waals surface area contributed by atoms with Crippen molar-refractivity contribution in [3.63, 3.8) is 0 Å². The minimum atomic E-state index is 0.0205. The lowest BCUT2D eigenvalue weighted by atomic mass is 10.0. The highest BCUT2D eigenvalue weighted by molar-refractivity contribution is 6.30. The quantitative estimate of drug-likeness (QED) is 0.745. The predicted molar refractivity (Wildman–Crippen MR) is 108 cm³/mol. The molecular formula is C21H27ClN4O2. The summed E-state index contributed by atoms with van der Waals surface area (Å²) in [5, 5.41) is 9.19. The van der Waals surface area contributed by atoms with E-state index < -0.39 is 0 Å². The first-order valence-electron chi connectivity index (χ1n) is 10.2. The number of carbonyl (C=O) groups is 1. The molecule has 0 bridgehead atoms. The molecule has 2 aliphatic heterocycles. The van der Waals surface area contributed by atoms with Gasteiger partial charge >= 0.3 is 0 Å². The number of aromatic nitrogens is 2. The maximum atomic E-state index is 12.4. The maximum Gasteiger partial charge on any atom is 0.247 e. The molecule has 2 aliphatic rings. The molecule has 0 spiro atoms. The molecule has 3 heterocycles. The molecule has 1 aromatic carbocycles. The van der Waals surface area contributed by atoms with E-state index in [9.17, 15) is 4.79 Å². The first-order chi connectivity index (χ1) is 13.6. The third kappa shape index (κ3) is 3.67. The Hall–Kier alpha value is -1.92. The zero-order valence-corrected chi connectivity index (χ0v) is 17.2. The van der Waals surface area contributed by atoms with Gasteiger partial charge in [0.2, 0.25) is 17.7 Å². The Morgan fingerprint density at radius 1 is 1.25 bits per heavy atom. The summed E-state index contributed by atoms with van der Waals surface area (Å²) >= 11 is 6.08. The van der Waals surface area contributed by atoms with E-state index in [1.165, 1.54) is 0 Å². The third-order valence-electron chi connectivity index (χ3n) is 6.08. The molecule has 0 radical (unpaired) electrons. The molecule has 0 unspecified atom stereocenters. The zero-order chi connectivity index (χ0) is 19.7. The summed E-state index contributed by atoms with van der Waals surface area (Å²) in [5.41, 5.74) is 0.826. The molecule has 2 aromatic rings. The summed E-state index contributed by atoms with van der Waals surface area (Å²) in [6, 6.07) is 8.12. The molecule has 6 nitrogen and oxygen atoms in total. The number of rotatable bonds is 5. The minimum absolute atomic E-state index is 0.0205. The van der Waals surface area contributed by atoms with E-state index >= 15 is 0 Å². The van der Waals surface area contributed by atoms with Crippen LogP contribution < -0.4 is 0 Å². The number of amides is 1. The average molecular weight is 403 g/mol. The van der Waals surface area contributed by atoms with Crippen LogP contribution in [0.1, 0.15) is 57.9 Å². The molecule has 150 valence electrons. The molecule has 2 fully saturated rings. The first kappa shape index (κ1) is 19.4. The lowest BCUT2D eigenvalue weighted by Gasteiger charge is -2.37. The van der Waals surface area contributed by atoms with Gasteiger partial charge in [-0.05, 0) is 57.4 Å². The number of hydrogen-bond donors (Lipinski definition) is 0. The first-order valence-corrected chi connectivity index (χ1v) is 10.6. The van der Waals surface area contributed by atoms with Crippen molar-refractivity contribution >= 4 is 17.5 Å². The highest BCUT2D eigenvalue weighted by Gasteiger charge is 2.41. The van der Waals surface area contributed by atoms with Crippen molar-refractivity contribution in [1.29, 1.82) is 0 Å². The average Bonchev–Trinajstić information content (AvgIpc) is 3.46. The van der Waals surface area contributed by atoms with Crippen molar-refractivity contribution in [1.82, 2.24) is 20.0 Å². The lowest BCUT2D eigenvalue weighted by Crippen LogP contribution is -2.48. The summed E-state index contributed by atoms with van der Waals surface area (Å²) in [6.07, 6.45) is 4.99. The normalized spacial score (nSPS) is 24.0. The molecule has 1 amide bonds. The van der Waals surface area contributed by atoms with E-state index in [-0.39, 0.29) is 11.9 Å². The van der Waals surface area contributed by atoms with Crippen LogP contribution in [0, 0.1) is 0 Å². The van der Waals surface area contributed by atoms with Gasteiger partial charge in [-0.2, -0.15) is 0 Å². The van der Waals surface area contributed by atoms with Gasteiger partial charge < -0.3 is 9.32 Å². The van der Waals surface area contributed by atoms with Crippen LogP contribution in [-0.4, -0.2) is 51.1 Å². The monoisotopic (exact) mass is 402 g/mol. The number of carbonyl (C=O) groups excluding carboxylic acids is 1. The van der Waals surface area contributed by atoms with Gasteiger partial charge in [-0.15, -0.1) is 10.2 Å². The summed E-state index contributed by atoms with van der Waals surface area (Å²) in [6.45, 7) is 5.94. The second kappa shape index (κ2) is 8.21. The number of likely N-dealkylation sites (tertiary alicyclic amines) is 2. The van der Waals surface area contributed by atoms with Crippen LogP contribution in [0.4, 0.5) is 0 Å².